The zero-order chi connectivity index (χ0) is 9.84. The second-order valence-electron chi connectivity index (χ2n) is 2.43. The summed E-state index contributed by atoms with van der Waals surface area (Å²) in [5.41, 5.74) is 0.481. The second kappa shape index (κ2) is 4.33. The average Bonchev–Trinajstić information content (AvgIpc) is 2.16. The Hall–Kier alpha value is -0.950. The van der Waals surface area contributed by atoms with Crippen molar-refractivity contribution in [2.24, 2.45) is 0 Å². The predicted octanol–water partition coefficient (Wildman–Crippen LogP) is 3.39. The van der Waals surface area contributed by atoms with Gasteiger partial charge in [-0.15, -0.1) is 0 Å². The number of rotatable bonds is 2. The highest BCUT2D eigenvalue weighted by Crippen LogP contribution is 2.25. The van der Waals surface area contributed by atoms with Crippen LogP contribution in [0.25, 0.3) is 0 Å². The van der Waals surface area contributed by atoms with Crippen molar-refractivity contribution in [1.82, 2.24) is 0 Å². The first-order chi connectivity index (χ1) is 6.20. The molecule has 0 amide bonds. The van der Waals surface area contributed by atoms with Gasteiger partial charge in [-0.2, -0.15) is 5.26 Å². The first kappa shape index (κ1) is 10.1. The van der Waals surface area contributed by atoms with Gasteiger partial charge in [0.2, 0.25) is 0 Å². The van der Waals surface area contributed by atoms with Crippen LogP contribution in [0.1, 0.15) is 23.1 Å². The molecule has 0 aliphatic carbocycles. The van der Waals surface area contributed by atoms with Crippen LogP contribution >= 0.6 is 15.9 Å². The lowest BCUT2D eigenvalue weighted by Gasteiger charge is -2.05. The van der Waals surface area contributed by atoms with Crippen molar-refractivity contribution < 1.29 is 8.78 Å². The third kappa shape index (κ3) is 2.04. The van der Waals surface area contributed by atoms with Crippen molar-refractivity contribution in [1.29, 1.82) is 5.26 Å². The summed E-state index contributed by atoms with van der Waals surface area (Å²) in [4.78, 5) is 0. The highest BCUT2D eigenvalue weighted by atomic mass is 79.9. The number of alkyl halides is 3. The van der Waals surface area contributed by atoms with Crippen molar-refractivity contribution in [3.63, 3.8) is 0 Å². The molecule has 0 unspecified atom stereocenters. The minimum atomic E-state index is -2.59. The van der Waals surface area contributed by atoms with Crippen molar-refractivity contribution in [2.45, 2.75) is 11.8 Å². The smallest absolute Gasteiger partial charge is 0.205 e. The van der Waals surface area contributed by atoms with E-state index in [0.717, 1.165) is 0 Å². The fraction of sp³-hybridized carbons (Fsp3) is 0.222. The van der Waals surface area contributed by atoms with Crippen LogP contribution in [-0.2, 0) is 5.33 Å². The van der Waals surface area contributed by atoms with Crippen molar-refractivity contribution in [2.75, 3.05) is 0 Å². The Labute approximate surface area is 83.1 Å². The van der Waals surface area contributed by atoms with Crippen LogP contribution < -0.4 is 0 Å². The lowest BCUT2D eigenvalue weighted by molar-refractivity contribution is 0.151. The Kier molecular flexibility index (Phi) is 3.38. The summed E-state index contributed by atoms with van der Waals surface area (Å²) in [5, 5.41) is 9.09. The molecular formula is C9H6BrF2N. The molecule has 68 valence electrons. The zero-order valence-corrected chi connectivity index (χ0v) is 8.18. The highest BCUT2D eigenvalue weighted by Gasteiger charge is 2.14. The van der Waals surface area contributed by atoms with Crippen LogP contribution in [-0.4, -0.2) is 0 Å². The summed E-state index contributed by atoms with van der Waals surface area (Å²) in [7, 11) is 0. The van der Waals surface area contributed by atoms with Gasteiger partial charge < -0.3 is 0 Å². The average molecular weight is 246 g/mol. The number of hydrogen-bond acceptors (Lipinski definition) is 1. The molecule has 1 aromatic rings. The third-order valence-electron chi connectivity index (χ3n) is 1.67. The molecule has 0 saturated carbocycles. The standard InChI is InChI=1S/C9H6BrF2N/c10-4-6-2-1-3-7(9(11)12)8(6)5-13/h1-3,9H,4H2. The molecule has 0 aliphatic rings. The number of hydrogen-bond donors (Lipinski definition) is 0. The van der Waals surface area contributed by atoms with Crippen molar-refractivity contribution in [3.05, 3.63) is 34.9 Å². The Morgan fingerprint density at radius 1 is 1.46 bits per heavy atom. The molecule has 4 heteroatoms. The van der Waals surface area contributed by atoms with E-state index in [1.165, 1.54) is 12.1 Å². The summed E-state index contributed by atoms with van der Waals surface area (Å²) in [6, 6.07) is 6.24. The Balaban J connectivity index is 3.29. The van der Waals surface area contributed by atoms with Crippen LogP contribution in [0.15, 0.2) is 18.2 Å². The van der Waals surface area contributed by atoms with E-state index >= 15 is 0 Å². The summed E-state index contributed by atoms with van der Waals surface area (Å²) >= 11 is 3.14. The predicted molar refractivity (Wildman–Crippen MR) is 48.7 cm³/mol. The normalized spacial score (nSPS) is 10.1. The summed E-state index contributed by atoms with van der Waals surface area (Å²) in [6.45, 7) is 0. The highest BCUT2D eigenvalue weighted by molar-refractivity contribution is 9.08. The summed E-state index contributed by atoms with van der Waals surface area (Å²) in [5.74, 6) is 0. The molecule has 1 aromatic carbocycles. The van der Waals surface area contributed by atoms with Crippen LogP contribution in [0, 0.1) is 11.3 Å². The molecule has 0 spiro atoms. The summed E-state index contributed by atoms with van der Waals surface area (Å²) in [6.07, 6.45) is -2.59. The monoisotopic (exact) mass is 245 g/mol. The SMILES string of the molecule is N#Cc1c(CBr)cccc1C(F)F. The van der Waals surface area contributed by atoms with E-state index in [4.69, 9.17) is 5.26 Å². The second-order valence-corrected chi connectivity index (χ2v) is 2.99. The zero-order valence-electron chi connectivity index (χ0n) is 6.60. The maximum Gasteiger partial charge on any atom is 0.265 e. The van der Waals surface area contributed by atoms with E-state index in [2.05, 4.69) is 15.9 Å². The van der Waals surface area contributed by atoms with E-state index in [9.17, 15) is 8.78 Å². The minimum absolute atomic E-state index is 0.0781. The van der Waals surface area contributed by atoms with E-state index < -0.39 is 6.43 Å². The largest absolute Gasteiger partial charge is 0.265 e. The molecule has 0 N–H and O–H groups in total. The minimum Gasteiger partial charge on any atom is -0.205 e. The Morgan fingerprint density at radius 2 is 2.15 bits per heavy atom. The van der Waals surface area contributed by atoms with E-state index in [1.807, 2.05) is 0 Å². The lowest BCUT2D eigenvalue weighted by Crippen LogP contribution is -1.94. The number of nitrogens with zero attached hydrogens (tertiary/aromatic N) is 1. The molecule has 0 atom stereocenters. The van der Waals surface area contributed by atoms with Crippen LogP contribution in [0.2, 0.25) is 0 Å². The van der Waals surface area contributed by atoms with Gasteiger partial charge in [0.1, 0.15) is 0 Å². The van der Waals surface area contributed by atoms with Gasteiger partial charge >= 0.3 is 0 Å². The molecule has 0 aromatic heterocycles. The van der Waals surface area contributed by atoms with Gasteiger partial charge in [0.25, 0.3) is 6.43 Å². The quantitative estimate of drug-likeness (QED) is 0.733. The third-order valence-corrected chi connectivity index (χ3v) is 2.28. The molecular weight excluding hydrogens is 240 g/mol. The maximum atomic E-state index is 12.4. The Morgan fingerprint density at radius 3 is 2.62 bits per heavy atom. The molecule has 0 saturated heterocycles. The molecule has 13 heavy (non-hydrogen) atoms. The van der Waals surface area contributed by atoms with Gasteiger partial charge in [-0.3, -0.25) is 0 Å². The van der Waals surface area contributed by atoms with Crippen molar-refractivity contribution >= 4 is 15.9 Å². The van der Waals surface area contributed by atoms with Gasteiger partial charge in [-0.05, 0) is 5.56 Å². The lowest BCUT2D eigenvalue weighted by atomic mass is 10.0. The molecule has 0 radical (unpaired) electrons. The number of halogens is 3. The van der Waals surface area contributed by atoms with Crippen molar-refractivity contribution in [3.8, 4) is 6.07 Å². The van der Waals surface area contributed by atoms with Gasteiger partial charge in [-0.1, -0.05) is 34.1 Å². The molecule has 0 bridgehead atoms. The summed E-state index contributed by atoms with van der Waals surface area (Å²) < 4.78 is 24.7. The molecule has 0 heterocycles. The number of nitriles is 1. The first-order valence-electron chi connectivity index (χ1n) is 3.56. The van der Waals surface area contributed by atoms with Crippen LogP contribution in [0.4, 0.5) is 8.78 Å². The van der Waals surface area contributed by atoms with Crippen LogP contribution in [0.3, 0.4) is 0 Å². The van der Waals surface area contributed by atoms with E-state index in [1.54, 1.807) is 12.1 Å². The molecule has 0 aliphatic heterocycles. The van der Waals surface area contributed by atoms with Crippen LogP contribution in [0.5, 0.6) is 0 Å². The molecule has 0 fully saturated rings. The molecule has 1 rings (SSSR count). The maximum absolute atomic E-state index is 12.4. The van der Waals surface area contributed by atoms with Gasteiger partial charge in [0.15, 0.2) is 0 Å². The number of benzene rings is 1. The fourth-order valence-electron chi connectivity index (χ4n) is 1.05. The van der Waals surface area contributed by atoms with Gasteiger partial charge in [0.05, 0.1) is 11.6 Å². The first-order valence-corrected chi connectivity index (χ1v) is 4.69. The molecule has 1 nitrogen and oxygen atoms in total. The Bertz CT molecular complexity index is 344. The fourth-order valence-corrected chi connectivity index (χ4v) is 1.52. The van der Waals surface area contributed by atoms with E-state index in [-0.39, 0.29) is 11.1 Å². The van der Waals surface area contributed by atoms with Gasteiger partial charge in [0, 0.05) is 10.9 Å². The van der Waals surface area contributed by atoms with E-state index in [0.29, 0.717) is 10.9 Å². The topological polar surface area (TPSA) is 23.8 Å². The van der Waals surface area contributed by atoms with Gasteiger partial charge in [-0.25, -0.2) is 8.78 Å².